The summed E-state index contributed by atoms with van der Waals surface area (Å²) < 4.78 is 5.30. The largest absolute Gasteiger partial charge is 0.476 e. The number of rotatable bonds is 3. The SMILES string of the molecule is CC1(Nc2ccc(C(=O)O)nn2)CCOCC1. The van der Waals surface area contributed by atoms with E-state index in [4.69, 9.17) is 9.84 Å². The van der Waals surface area contributed by atoms with E-state index in [0.717, 1.165) is 26.1 Å². The van der Waals surface area contributed by atoms with Crippen LogP contribution in [0.15, 0.2) is 12.1 Å². The number of nitrogens with zero attached hydrogens (tertiary/aromatic N) is 2. The van der Waals surface area contributed by atoms with E-state index in [0.29, 0.717) is 5.82 Å². The lowest BCUT2D eigenvalue weighted by atomic mass is 9.92. The second-order valence-electron chi connectivity index (χ2n) is 4.41. The van der Waals surface area contributed by atoms with Gasteiger partial charge in [-0.25, -0.2) is 4.79 Å². The Bertz CT molecular complexity index is 399. The van der Waals surface area contributed by atoms with Crippen molar-refractivity contribution in [2.75, 3.05) is 18.5 Å². The first-order chi connectivity index (χ1) is 8.09. The molecule has 0 atom stereocenters. The summed E-state index contributed by atoms with van der Waals surface area (Å²) in [5.74, 6) is -0.472. The molecule has 1 fully saturated rings. The van der Waals surface area contributed by atoms with Crippen LogP contribution in [0, 0.1) is 0 Å². The highest BCUT2D eigenvalue weighted by Crippen LogP contribution is 2.24. The number of nitrogens with one attached hydrogen (secondary N) is 1. The molecule has 0 aromatic carbocycles. The van der Waals surface area contributed by atoms with Gasteiger partial charge in [-0.1, -0.05) is 0 Å². The molecule has 1 aromatic heterocycles. The third-order valence-electron chi connectivity index (χ3n) is 2.91. The Hall–Kier alpha value is -1.69. The van der Waals surface area contributed by atoms with Gasteiger partial charge in [0.2, 0.25) is 0 Å². The minimum Gasteiger partial charge on any atom is -0.476 e. The van der Waals surface area contributed by atoms with Gasteiger partial charge in [-0.3, -0.25) is 0 Å². The minimum absolute atomic E-state index is 0.0484. The summed E-state index contributed by atoms with van der Waals surface area (Å²) >= 11 is 0. The van der Waals surface area contributed by atoms with Crippen LogP contribution in [-0.4, -0.2) is 40.0 Å². The van der Waals surface area contributed by atoms with E-state index in [9.17, 15) is 4.79 Å². The number of hydrogen-bond acceptors (Lipinski definition) is 5. The molecule has 0 amide bonds. The van der Waals surface area contributed by atoms with Crippen LogP contribution < -0.4 is 5.32 Å². The summed E-state index contributed by atoms with van der Waals surface area (Å²) in [5.41, 5.74) is -0.106. The molecule has 1 aromatic rings. The van der Waals surface area contributed by atoms with Gasteiger partial charge in [-0.2, -0.15) is 0 Å². The van der Waals surface area contributed by atoms with Crippen LogP contribution in [0.25, 0.3) is 0 Å². The zero-order valence-electron chi connectivity index (χ0n) is 9.64. The fourth-order valence-corrected chi connectivity index (χ4v) is 1.77. The summed E-state index contributed by atoms with van der Waals surface area (Å²) in [6, 6.07) is 3.08. The fourth-order valence-electron chi connectivity index (χ4n) is 1.77. The highest BCUT2D eigenvalue weighted by atomic mass is 16.5. The molecular weight excluding hydrogens is 222 g/mol. The number of aromatic carboxylic acids is 1. The first kappa shape index (κ1) is 11.8. The lowest BCUT2D eigenvalue weighted by Crippen LogP contribution is -2.40. The molecule has 0 radical (unpaired) electrons. The number of anilines is 1. The second-order valence-corrected chi connectivity index (χ2v) is 4.41. The summed E-state index contributed by atoms with van der Waals surface area (Å²) in [7, 11) is 0. The van der Waals surface area contributed by atoms with Crippen molar-refractivity contribution in [1.82, 2.24) is 10.2 Å². The normalized spacial score (nSPS) is 18.6. The van der Waals surface area contributed by atoms with Gasteiger partial charge in [0.15, 0.2) is 5.69 Å². The van der Waals surface area contributed by atoms with Crippen molar-refractivity contribution in [2.24, 2.45) is 0 Å². The predicted octanol–water partition coefficient (Wildman–Crippen LogP) is 1.16. The number of carboxylic acid groups (broad SMARTS) is 1. The van der Waals surface area contributed by atoms with E-state index >= 15 is 0 Å². The summed E-state index contributed by atoms with van der Waals surface area (Å²) in [5, 5.41) is 19.5. The molecule has 2 heterocycles. The van der Waals surface area contributed by atoms with E-state index in [-0.39, 0.29) is 11.2 Å². The maximum atomic E-state index is 10.6. The number of hydrogen-bond donors (Lipinski definition) is 2. The maximum Gasteiger partial charge on any atom is 0.356 e. The van der Waals surface area contributed by atoms with Crippen LogP contribution >= 0.6 is 0 Å². The molecule has 6 nitrogen and oxygen atoms in total. The number of carboxylic acids is 1. The average molecular weight is 237 g/mol. The summed E-state index contributed by atoms with van der Waals surface area (Å²) in [6.45, 7) is 3.55. The van der Waals surface area contributed by atoms with Crippen LogP contribution in [0.1, 0.15) is 30.3 Å². The van der Waals surface area contributed by atoms with Crippen LogP contribution in [0.2, 0.25) is 0 Å². The van der Waals surface area contributed by atoms with Gasteiger partial charge in [0.05, 0.1) is 0 Å². The van der Waals surface area contributed by atoms with Gasteiger partial charge in [-0.15, -0.1) is 10.2 Å². The highest BCUT2D eigenvalue weighted by Gasteiger charge is 2.27. The monoisotopic (exact) mass is 237 g/mol. The number of ether oxygens (including phenoxy) is 1. The molecule has 92 valence electrons. The van der Waals surface area contributed by atoms with Gasteiger partial charge in [0, 0.05) is 18.8 Å². The third-order valence-corrected chi connectivity index (χ3v) is 2.91. The molecular formula is C11H15N3O3. The van der Waals surface area contributed by atoms with Crippen molar-refractivity contribution in [3.63, 3.8) is 0 Å². The van der Waals surface area contributed by atoms with Crippen LogP contribution in [0.4, 0.5) is 5.82 Å². The van der Waals surface area contributed by atoms with Crippen molar-refractivity contribution in [3.05, 3.63) is 17.8 Å². The molecule has 17 heavy (non-hydrogen) atoms. The van der Waals surface area contributed by atoms with E-state index in [2.05, 4.69) is 22.4 Å². The van der Waals surface area contributed by atoms with Gasteiger partial charge < -0.3 is 15.2 Å². The smallest absolute Gasteiger partial charge is 0.356 e. The molecule has 1 saturated heterocycles. The lowest BCUT2D eigenvalue weighted by Gasteiger charge is -2.34. The van der Waals surface area contributed by atoms with Crippen molar-refractivity contribution >= 4 is 11.8 Å². The first-order valence-corrected chi connectivity index (χ1v) is 5.52. The zero-order valence-corrected chi connectivity index (χ0v) is 9.64. The fraction of sp³-hybridized carbons (Fsp3) is 0.545. The Balaban J connectivity index is 2.05. The Morgan fingerprint density at radius 2 is 2.12 bits per heavy atom. The molecule has 1 aliphatic heterocycles. The van der Waals surface area contributed by atoms with Crippen molar-refractivity contribution in [2.45, 2.75) is 25.3 Å². The Kier molecular flexibility index (Phi) is 3.23. The van der Waals surface area contributed by atoms with Crippen molar-refractivity contribution < 1.29 is 14.6 Å². The topological polar surface area (TPSA) is 84.3 Å². The maximum absolute atomic E-state index is 10.6. The predicted molar refractivity (Wildman–Crippen MR) is 61.1 cm³/mol. The minimum atomic E-state index is -1.07. The Morgan fingerprint density at radius 3 is 2.65 bits per heavy atom. The Morgan fingerprint density at radius 1 is 1.41 bits per heavy atom. The summed E-state index contributed by atoms with van der Waals surface area (Å²) in [6.07, 6.45) is 1.80. The van der Waals surface area contributed by atoms with Crippen molar-refractivity contribution in [3.8, 4) is 0 Å². The first-order valence-electron chi connectivity index (χ1n) is 5.52. The molecule has 2 rings (SSSR count). The molecule has 0 saturated carbocycles. The van der Waals surface area contributed by atoms with Crippen LogP contribution in [-0.2, 0) is 4.74 Å². The third kappa shape index (κ3) is 2.91. The second kappa shape index (κ2) is 4.67. The average Bonchev–Trinajstić information content (AvgIpc) is 2.30. The zero-order chi connectivity index (χ0) is 12.3. The highest BCUT2D eigenvalue weighted by molar-refractivity contribution is 5.85. The molecule has 6 heteroatoms. The molecule has 0 spiro atoms. The molecule has 0 unspecified atom stereocenters. The standard InChI is InChI=1S/C11H15N3O3/c1-11(4-6-17-7-5-11)12-9-3-2-8(10(15)16)13-14-9/h2-3H,4-7H2,1H3,(H,12,14)(H,15,16). The molecule has 2 N–H and O–H groups in total. The van der Waals surface area contributed by atoms with Crippen LogP contribution in [0.3, 0.4) is 0 Å². The lowest BCUT2D eigenvalue weighted by molar-refractivity contribution is 0.0657. The van der Waals surface area contributed by atoms with Crippen molar-refractivity contribution in [1.29, 1.82) is 0 Å². The Labute approximate surface area is 99.0 Å². The van der Waals surface area contributed by atoms with Gasteiger partial charge in [0.25, 0.3) is 0 Å². The summed E-state index contributed by atoms with van der Waals surface area (Å²) in [4.78, 5) is 10.6. The quantitative estimate of drug-likeness (QED) is 0.820. The van der Waals surface area contributed by atoms with Gasteiger partial charge in [0.1, 0.15) is 5.82 Å². The van der Waals surface area contributed by atoms with Crippen LogP contribution in [0.5, 0.6) is 0 Å². The van der Waals surface area contributed by atoms with E-state index in [1.165, 1.54) is 6.07 Å². The van der Waals surface area contributed by atoms with Gasteiger partial charge >= 0.3 is 5.97 Å². The van der Waals surface area contributed by atoms with E-state index < -0.39 is 5.97 Å². The molecule has 1 aliphatic rings. The number of aromatic nitrogens is 2. The molecule has 0 aliphatic carbocycles. The van der Waals surface area contributed by atoms with E-state index in [1.54, 1.807) is 6.07 Å². The van der Waals surface area contributed by atoms with Gasteiger partial charge in [-0.05, 0) is 31.9 Å². The van der Waals surface area contributed by atoms with E-state index in [1.807, 2.05) is 0 Å². The number of carbonyl (C=O) groups is 1. The molecule has 0 bridgehead atoms.